The summed E-state index contributed by atoms with van der Waals surface area (Å²) < 4.78 is 0. The van der Waals surface area contributed by atoms with Crippen LogP contribution in [0.4, 0.5) is 0 Å². The van der Waals surface area contributed by atoms with Crippen LogP contribution in [-0.2, 0) is 9.59 Å². The van der Waals surface area contributed by atoms with E-state index in [0.29, 0.717) is 11.7 Å². The molecule has 108 valence electrons. The normalized spacial score (nSPS) is 22.3. The number of carbonyl (C=O) groups is 2. The van der Waals surface area contributed by atoms with Gasteiger partial charge >= 0.3 is 0 Å². The van der Waals surface area contributed by atoms with Crippen LogP contribution in [0.2, 0.25) is 12.1 Å². The van der Waals surface area contributed by atoms with E-state index < -0.39 is 0 Å². The van der Waals surface area contributed by atoms with Crippen LogP contribution in [0.25, 0.3) is 0 Å². The second kappa shape index (κ2) is 6.34. The predicted molar refractivity (Wildman–Crippen MR) is 84.1 cm³/mol. The molecular formula is C14H26BNO2S. The van der Waals surface area contributed by atoms with Crippen LogP contribution >= 0.6 is 11.8 Å². The summed E-state index contributed by atoms with van der Waals surface area (Å²) >= 11 is 1.61. The van der Waals surface area contributed by atoms with Gasteiger partial charge in [-0.25, -0.2) is 0 Å². The fourth-order valence-electron chi connectivity index (χ4n) is 2.56. The van der Waals surface area contributed by atoms with E-state index in [9.17, 15) is 9.59 Å². The third kappa shape index (κ3) is 4.27. The summed E-state index contributed by atoms with van der Waals surface area (Å²) in [5.74, 6) is 0.0191. The maximum atomic E-state index is 12.4. The van der Waals surface area contributed by atoms with Crippen molar-refractivity contribution in [3.05, 3.63) is 0 Å². The first-order valence-corrected chi connectivity index (χ1v) is 8.13. The maximum Gasteiger partial charge on any atom is 0.243 e. The molecule has 1 saturated heterocycles. The van der Waals surface area contributed by atoms with Crippen molar-refractivity contribution in [2.24, 2.45) is 0 Å². The van der Waals surface area contributed by atoms with Crippen LogP contribution < -0.4 is 0 Å². The Morgan fingerprint density at radius 2 is 1.95 bits per heavy atom. The minimum Gasteiger partial charge on any atom is -0.279 e. The Hall–Kier alpha value is -0.445. The van der Waals surface area contributed by atoms with Crippen molar-refractivity contribution in [3.8, 4) is 0 Å². The molecule has 19 heavy (non-hydrogen) atoms. The van der Waals surface area contributed by atoms with E-state index in [1.165, 1.54) is 4.90 Å². The van der Waals surface area contributed by atoms with Gasteiger partial charge in [-0.15, -0.1) is 11.8 Å². The zero-order chi connectivity index (χ0) is 14.8. The van der Waals surface area contributed by atoms with E-state index in [-0.39, 0.29) is 28.4 Å². The Labute approximate surface area is 122 Å². The van der Waals surface area contributed by atoms with Crippen LogP contribution in [0.15, 0.2) is 0 Å². The molecule has 1 rings (SSSR count). The highest BCUT2D eigenvalue weighted by atomic mass is 32.2. The van der Waals surface area contributed by atoms with E-state index in [4.69, 9.17) is 0 Å². The molecule has 0 aliphatic carbocycles. The summed E-state index contributed by atoms with van der Waals surface area (Å²) in [6.07, 6.45) is 1.25. The molecule has 0 spiro atoms. The van der Waals surface area contributed by atoms with Crippen molar-refractivity contribution in [2.75, 3.05) is 0 Å². The lowest BCUT2D eigenvalue weighted by Gasteiger charge is -2.31. The van der Waals surface area contributed by atoms with Crippen LogP contribution in [0.1, 0.15) is 47.5 Å². The average molecular weight is 283 g/mol. The van der Waals surface area contributed by atoms with E-state index in [1.807, 2.05) is 6.92 Å². The lowest BCUT2D eigenvalue weighted by Crippen LogP contribution is -2.41. The summed E-state index contributed by atoms with van der Waals surface area (Å²) in [4.78, 5) is 25.9. The SMILES string of the molecule is CBC(C)(C)CC(C)N1C(=O)CC(SC(C)C)C1=O. The molecule has 0 aromatic carbocycles. The first-order chi connectivity index (χ1) is 8.68. The van der Waals surface area contributed by atoms with Gasteiger partial charge in [0.2, 0.25) is 11.8 Å². The van der Waals surface area contributed by atoms with Gasteiger partial charge in [-0.05, 0) is 18.6 Å². The molecule has 0 bridgehead atoms. The highest BCUT2D eigenvalue weighted by Crippen LogP contribution is 2.35. The van der Waals surface area contributed by atoms with Crippen molar-refractivity contribution >= 4 is 30.9 Å². The van der Waals surface area contributed by atoms with Gasteiger partial charge in [0.25, 0.3) is 0 Å². The molecular weight excluding hydrogens is 257 g/mol. The van der Waals surface area contributed by atoms with Crippen LogP contribution in [0.5, 0.6) is 0 Å². The zero-order valence-electron chi connectivity index (χ0n) is 13.0. The van der Waals surface area contributed by atoms with E-state index in [2.05, 4.69) is 34.5 Å². The van der Waals surface area contributed by atoms with Crippen molar-refractivity contribution in [1.29, 1.82) is 0 Å². The predicted octanol–water partition coefficient (Wildman–Crippen LogP) is 2.72. The molecule has 0 aromatic heterocycles. The fourth-order valence-corrected chi connectivity index (χ4v) is 3.68. The molecule has 0 N–H and O–H groups in total. The molecule has 5 heteroatoms. The maximum absolute atomic E-state index is 12.4. The summed E-state index contributed by atoms with van der Waals surface area (Å²) in [7, 11) is 1.05. The average Bonchev–Trinajstić information content (AvgIpc) is 2.52. The number of carbonyl (C=O) groups excluding carboxylic acids is 2. The van der Waals surface area contributed by atoms with E-state index in [0.717, 1.165) is 13.7 Å². The number of thioether (sulfide) groups is 1. The Bertz CT molecular complexity index is 357. The Morgan fingerprint density at radius 1 is 1.37 bits per heavy atom. The number of imide groups is 1. The first-order valence-electron chi connectivity index (χ1n) is 7.19. The van der Waals surface area contributed by atoms with Crippen molar-refractivity contribution < 1.29 is 9.59 Å². The molecule has 2 atom stereocenters. The minimum absolute atomic E-state index is 0.00236. The van der Waals surface area contributed by atoms with Crippen molar-refractivity contribution in [3.63, 3.8) is 0 Å². The molecule has 0 aromatic rings. The van der Waals surface area contributed by atoms with E-state index in [1.54, 1.807) is 11.8 Å². The van der Waals surface area contributed by atoms with Gasteiger partial charge in [-0.1, -0.05) is 39.8 Å². The van der Waals surface area contributed by atoms with Gasteiger partial charge in [-0.3, -0.25) is 14.5 Å². The highest BCUT2D eigenvalue weighted by molar-refractivity contribution is 8.01. The lowest BCUT2D eigenvalue weighted by atomic mass is 9.54. The summed E-state index contributed by atoms with van der Waals surface area (Å²) in [5, 5.41) is 0.382. The van der Waals surface area contributed by atoms with Gasteiger partial charge in [0, 0.05) is 12.5 Å². The first kappa shape index (κ1) is 16.6. The zero-order valence-corrected chi connectivity index (χ0v) is 13.8. The molecule has 1 heterocycles. The van der Waals surface area contributed by atoms with Crippen LogP contribution in [-0.4, -0.2) is 40.5 Å². The molecule has 2 unspecified atom stereocenters. The molecule has 3 nitrogen and oxygen atoms in total. The number of amides is 2. The van der Waals surface area contributed by atoms with Crippen LogP contribution in [0.3, 0.4) is 0 Å². The molecule has 1 aliphatic heterocycles. The second-order valence-corrected chi connectivity index (χ2v) is 8.33. The van der Waals surface area contributed by atoms with Gasteiger partial charge in [0.1, 0.15) is 7.28 Å². The standard InChI is InChI=1S/C14H26BNO2S/c1-9(2)19-11-7-12(17)16(13(11)18)10(3)8-14(4,5)15-6/h9-11,15H,7-8H2,1-6H3. The minimum atomic E-state index is -0.167. The topological polar surface area (TPSA) is 37.4 Å². The second-order valence-electron chi connectivity index (χ2n) is 6.55. The summed E-state index contributed by atoms with van der Waals surface area (Å²) in [5.41, 5.74) is 0. The van der Waals surface area contributed by atoms with Crippen LogP contribution in [0, 0.1) is 0 Å². The smallest absolute Gasteiger partial charge is 0.243 e. The Morgan fingerprint density at radius 3 is 2.42 bits per heavy atom. The van der Waals surface area contributed by atoms with E-state index >= 15 is 0 Å². The third-order valence-corrected chi connectivity index (χ3v) is 5.07. The van der Waals surface area contributed by atoms with Crippen molar-refractivity contribution in [1.82, 2.24) is 4.90 Å². The monoisotopic (exact) mass is 283 g/mol. The number of nitrogens with zero attached hydrogens (tertiary/aromatic N) is 1. The molecule has 0 saturated carbocycles. The lowest BCUT2D eigenvalue weighted by molar-refractivity contribution is -0.140. The van der Waals surface area contributed by atoms with Crippen molar-refractivity contribution in [2.45, 2.75) is 76.1 Å². The third-order valence-electron chi connectivity index (χ3n) is 3.82. The summed E-state index contributed by atoms with van der Waals surface area (Å²) in [6, 6.07) is 0.00714. The van der Waals surface area contributed by atoms with Gasteiger partial charge in [0.15, 0.2) is 0 Å². The largest absolute Gasteiger partial charge is 0.279 e. The highest BCUT2D eigenvalue weighted by Gasteiger charge is 2.42. The Kier molecular flexibility index (Phi) is 5.54. The van der Waals surface area contributed by atoms with Gasteiger partial charge in [0.05, 0.1) is 5.25 Å². The molecule has 2 amide bonds. The fraction of sp³-hybridized carbons (Fsp3) is 0.857. The summed E-state index contributed by atoms with van der Waals surface area (Å²) in [6.45, 7) is 12.7. The Balaban J connectivity index is 2.73. The number of hydrogen-bond acceptors (Lipinski definition) is 3. The van der Waals surface area contributed by atoms with Gasteiger partial charge in [-0.2, -0.15) is 0 Å². The molecule has 1 fully saturated rings. The van der Waals surface area contributed by atoms with Gasteiger partial charge < -0.3 is 0 Å². The molecule has 1 aliphatic rings. The quantitative estimate of drug-likeness (QED) is 0.555. The number of rotatable bonds is 6. The number of likely N-dealkylation sites (tertiary alicyclic amines) is 1. The number of hydrogen-bond donors (Lipinski definition) is 0. The molecule has 0 radical (unpaired) electrons.